The predicted octanol–water partition coefficient (Wildman–Crippen LogP) is 3.54. The Hall–Kier alpha value is -2.10. The molecule has 1 heterocycles. The van der Waals surface area contributed by atoms with Crippen LogP contribution in [0.4, 0.5) is 5.82 Å². The summed E-state index contributed by atoms with van der Waals surface area (Å²) in [5.74, 6) is 0.385. The Morgan fingerprint density at radius 3 is 2.80 bits per heavy atom. The summed E-state index contributed by atoms with van der Waals surface area (Å²) in [5.41, 5.74) is 0.0950. The Morgan fingerprint density at radius 1 is 1.30 bits per heavy atom. The van der Waals surface area contributed by atoms with Crippen LogP contribution in [0.25, 0.3) is 10.8 Å². The number of nitrogens with one attached hydrogen (secondary N) is 1. The van der Waals surface area contributed by atoms with Crippen LogP contribution in [0.3, 0.4) is 0 Å². The van der Waals surface area contributed by atoms with Crippen molar-refractivity contribution in [2.24, 2.45) is 5.92 Å². The van der Waals surface area contributed by atoms with E-state index in [-0.39, 0.29) is 5.69 Å². The highest BCUT2D eigenvalue weighted by molar-refractivity contribution is 5.97. The molecule has 0 spiro atoms. The van der Waals surface area contributed by atoms with Crippen molar-refractivity contribution in [2.75, 3.05) is 11.9 Å². The molecule has 20 heavy (non-hydrogen) atoms. The van der Waals surface area contributed by atoms with Gasteiger partial charge in [0.1, 0.15) is 5.82 Å². The maximum absolute atomic E-state index is 11.2. The third kappa shape index (κ3) is 2.59. The van der Waals surface area contributed by atoms with Crippen molar-refractivity contribution >= 4 is 22.6 Å². The Morgan fingerprint density at radius 2 is 2.05 bits per heavy atom. The van der Waals surface area contributed by atoms with Crippen molar-refractivity contribution in [2.45, 2.75) is 25.7 Å². The molecule has 0 atom stereocenters. The van der Waals surface area contributed by atoms with E-state index in [0.29, 0.717) is 11.7 Å². The first-order valence-electron chi connectivity index (χ1n) is 7.11. The highest BCUT2D eigenvalue weighted by atomic mass is 16.4. The molecule has 0 aliphatic heterocycles. The lowest BCUT2D eigenvalue weighted by Gasteiger charge is -2.13. The number of benzene rings is 1. The average molecular weight is 270 g/mol. The third-order valence-electron chi connectivity index (χ3n) is 3.99. The number of carbonyl (C=O) groups is 1. The normalized spacial score (nSPS) is 15.6. The minimum atomic E-state index is -0.986. The van der Waals surface area contributed by atoms with Gasteiger partial charge in [-0.1, -0.05) is 37.1 Å². The summed E-state index contributed by atoms with van der Waals surface area (Å²) in [7, 11) is 0. The molecule has 104 valence electrons. The number of carboxylic acids is 1. The number of aromatic carboxylic acids is 1. The van der Waals surface area contributed by atoms with Crippen LogP contribution in [0.1, 0.15) is 36.2 Å². The molecule has 3 rings (SSSR count). The van der Waals surface area contributed by atoms with Gasteiger partial charge >= 0.3 is 5.97 Å². The number of nitrogens with zero attached hydrogens (tertiary/aromatic N) is 1. The second kappa shape index (κ2) is 5.49. The van der Waals surface area contributed by atoms with E-state index in [9.17, 15) is 4.79 Å². The van der Waals surface area contributed by atoms with Crippen LogP contribution in [-0.4, -0.2) is 22.6 Å². The van der Waals surface area contributed by atoms with Gasteiger partial charge in [0.05, 0.1) is 0 Å². The van der Waals surface area contributed by atoms with Crippen LogP contribution in [0.2, 0.25) is 0 Å². The number of rotatable bonds is 4. The fourth-order valence-corrected chi connectivity index (χ4v) is 2.90. The summed E-state index contributed by atoms with van der Waals surface area (Å²) < 4.78 is 0. The zero-order chi connectivity index (χ0) is 13.9. The first-order chi connectivity index (χ1) is 9.74. The molecule has 1 aromatic heterocycles. The molecule has 1 aliphatic rings. The highest BCUT2D eigenvalue weighted by Gasteiger charge is 2.16. The minimum Gasteiger partial charge on any atom is -0.477 e. The fraction of sp³-hybridized carbons (Fsp3) is 0.375. The minimum absolute atomic E-state index is 0.0950. The summed E-state index contributed by atoms with van der Waals surface area (Å²) in [6, 6.07) is 9.38. The summed E-state index contributed by atoms with van der Waals surface area (Å²) in [6.07, 6.45) is 5.11. The molecule has 2 aromatic rings. The molecular weight excluding hydrogens is 252 g/mol. The Kier molecular flexibility index (Phi) is 3.54. The molecule has 0 saturated heterocycles. The van der Waals surface area contributed by atoms with Gasteiger partial charge in [-0.2, -0.15) is 0 Å². The largest absolute Gasteiger partial charge is 0.477 e. The van der Waals surface area contributed by atoms with Crippen molar-refractivity contribution in [3.63, 3.8) is 0 Å². The Labute approximate surface area is 117 Å². The Balaban J connectivity index is 1.92. The fourth-order valence-electron chi connectivity index (χ4n) is 2.90. The van der Waals surface area contributed by atoms with Crippen molar-refractivity contribution in [1.82, 2.24) is 4.98 Å². The second-order valence-electron chi connectivity index (χ2n) is 5.41. The van der Waals surface area contributed by atoms with Crippen LogP contribution in [0.15, 0.2) is 30.3 Å². The van der Waals surface area contributed by atoms with E-state index in [1.54, 1.807) is 6.07 Å². The molecule has 0 bridgehead atoms. The zero-order valence-corrected chi connectivity index (χ0v) is 11.3. The van der Waals surface area contributed by atoms with Crippen LogP contribution >= 0.6 is 0 Å². The standard InChI is InChI=1S/C16H18N2O2/c19-16(20)14-9-12-7-3-4-8-13(12)15(18-14)17-10-11-5-1-2-6-11/h3-4,7-9,11H,1-2,5-6,10H2,(H,17,18)(H,19,20). The quantitative estimate of drug-likeness (QED) is 0.892. The lowest BCUT2D eigenvalue weighted by molar-refractivity contribution is 0.0691. The lowest BCUT2D eigenvalue weighted by Crippen LogP contribution is -2.13. The second-order valence-corrected chi connectivity index (χ2v) is 5.41. The number of hydrogen-bond acceptors (Lipinski definition) is 3. The van der Waals surface area contributed by atoms with Crippen molar-refractivity contribution in [3.05, 3.63) is 36.0 Å². The highest BCUT2D eigenvalue weighted by Crippen LogP contribution is 2.27. The molecule has 2 N–H and O–H groups in total. The first kappa shape index (κ1) is 12.9. The molecule has 1 aromatic carbocycles. The van der Waals surface area contributed by atoms with Gasteiger partial charge in [-0.3, -0.25) is 0 Å². The van der Waals surface area contributed by atoms with Gasteiger partial charge in [0.2, 0.25) is 0 Å². The average Bonchev–Trinajstić information content (AvgIpc) is 2.97. The lowest BCUT2D eigenvalue weighted by atomic mass is 10.1. The maximum Gasteiger partial charge on any atom is 0.354 e. The maximum atomic E-state index is 11.2. The van der Waals surface area contributed by atoms with Crippen LogP contribution in [0, 0.1) is 5.92 Å². The molecular formula is C16H18N2O2. The number of hydrogen-bond donors (Lipinski definition) is 2. The van der Waals surface area contributed by atoms with Crippen LogP contribution < -0.4 is 5.32 Å². The molecule has 1 aliphatic carbocycles. The Bertz CT molecular complexity index is 633. The van der Waals surface area contributed by atoms with E-state index >= 15 is 0 Å². The SMILES string of the molecule is O=C(O)c1cc2ccccc2c(NCC2CCCC2)n1. The van der Waals surface area contributed by atoms with E-state index in [0.717, 1.165) is 17.3 Å². The van der Waals surface area contributed by atoms with Crippen LogP contribution in [0.5, 0.6) is 0 Å². The molecule has 1 saturated carbocycles. The predicted molar refractivity (Wildman–Crippen MR) is 79.2 cm³/mol. The summed E-state index contributed by atoms with van der Waals surface area (Å²) in [4.78, 5) is 15.4. The van der Waals surface area contributed by atoms with E-state index in [4.69, 9.17) is 5.11 Å². The molecule has 0 unspecified atom stereocenters. The van der Waals surface area contributed by atoms with E-state index in [1.807, 2.05) is 24.3 Å². The smallest absolute Gasteiger partial charge is 0.354 e. The van der Waals surface area contributed by atoms with Crippen molar-refractivity contribution < 1.29 is 9.90 Å². The zero-order valence-electron chi connectivity index (χ0n) is 11.3. The van der Waals surface area contributed by atoms with Gasteiger partial charge in [0.15, 0.2) is 5.69 Å². The molecule has 0 amide bonds. The van der Waals surface area contributed by atoms with Gasteiger partial charge < -0.3 is 10.4 Å². The molecule has 4 heteroatoms. The topological polar surface area (TPSA) is 62.2 Å². The van der Waals surface area contributed by atoms with Crippen molar-refractivity contribution in [3.8, 4) is 0 Å². The molecule has 0 radical (unpaired) electrons. The monoisotopic (exact) mass is 270 g/mol. The van der Waals surface area contributed by atoms with Gasteiger partial charge in [-0.15, -0.1) is 0 Å². The summed E-state index contributed by atoms with van der Waals surface area (Å²) in [5, 5.41) is 14.4. The van der Waals surface area contributed by atoms with Crippen LogP contribution in [-0.2, 0) is 0 Å². The number of fused-ring (bicyclic) bond motifs is 1. The van der Waals surface area contributed by atoms with Gasteiger partial charge in [-0.05, 0) is 30.2 Å². The van der Waals surface area contributed by atoms with E-state index in [2.05, 4.69) is 10.3 Å². The van der Waals surface area contributed by atoms with Gasteiger partial charge in [-0.25, -0.2) is 9.78 Å². The third-order valence-corrected chi connectivity index (χ3v) is 3.99. The number of aromatic nitrogens is 1. The number of pyridine rings is 1. The van der Waals surface area contributed by atoms with Crippen molar-refractivity contribution in [1.29, 1.82) is 0 Å². The van der Waals surface area contributed by atoms with Gasteiger partial charge in [0.25, 0.3) is 0 Å². The van der Waals surface area contributed by atoms with Gasteiger partial charge in [0, 0.05) is 11.9 Å². The van der Waals surface area contributed by atoms with E-state index < -0.39 is 5.97 Å². The molecule has 4 nitrogen and oxygen atoms in total. The van der Waals surface area contributed by atoms with E-state index in [1.165, 1.54) is 25.7 Å². The number of carboxylic acid groups (broad SMARTS) is 1. The number of anilines is 1. The molecule has 1 fully saturated rings. The first-order valence-corrected chi connectivity index (χ1v) is 7.11. The summed E-state index contributed by atoms with van der Waals surface area (Å²) >= 11 is 0. The summed E-state index contributed by atoms with van der Waals surface area (Å²) in [6.45, 7) is 0.875.